The second kappa shape index (κ2) is 9.13. The first-order chi connectivity index (χ1) is 12.0. The lowest BCUT2D eigenvalue weighted by molar-refractivity contribution is 0.103. The molecule has 0 fully saturated rings. The van der Waals surface area contributed by atoms with Crippen LogP contribution in [0.3, 0.4) is 0 Å². The maximum atomic E-state index is 12.5. The fourth-order valence-corrected chi connectivity index (χ4v) is 3.01. The van der Waals surface area contributed by atoms with Gasteiger partial charge in [-0.15, -0.1) is 12.4 Å². The van der Waals surface area contributed by atoms with Crippen molar-refractivity contribution in [3.05, 3.63) is 94.0 Å². The first-order valence-corrected chi connectivity index (χ1v) is 8.96. The van der Waals surface area contributed by atoms with Crippen molar-refractivity contribution in [2.24, 2.45) is 0 Å². The molecule has 0 aliphatic carbocycles. The summed E-state index contributed by atoms with van der Waals surface area (Å²) >= 11 is 3.39. The molecule has 0 saturated carbocycles. The van der Waals surface area contributed by atoms with E-state index in [4.69, 9.17) is 0 Å². The van der Waals surface area contributed by atoms with Gasteiger partial charge in [0.1, 0.15) is 0 Å². The van der Waals surface area contributed by atoms with Crippen LogP contribution < -0.4 is 0 Å². The van der Waals surface area contributed by atoms with E-state index < -0.39 is 0 Å². The van der Waals surface area contributed by atoms with Crippen molar-refractivity contribution in [2.45, 2.75) is 6.54 Å². The summed E-state index contributed by atoms with van der Waals surface area (Å²) in [7, 11) is 4.13. The molecule has 134 valence electrons. The molecule has 0 aliphatic rings. The molecule has 0 amide bonds. The zero-order chi connectivity index (χ0) is 17.8. The Kier molecular flexibility index (Phi) is 7.15. The minimum absolute atomic E-state index is 0. The van der Waals surface area contributed by atoms with Gasteiger partial charge in [-0.05, 0) is 55.1 Å². The number of carbonyl (C=O) groups excluding carboxylic acids is 1. The van der Waals surface area contributed by atoms with Crippen LogP contribution in [0.1, 0.15) is 21.5 Å². The summed E-state index contributed by atoms with van der Waals surface area (Å²) in [5.74, 6) is 0.0420. The number of carbonyl (C=O) groups is 1. The van der Waals surface area contributed by atoms with Gasteiger partial charge in [0.25, 0.3) is 0 Å². The summed E-state index contributed by atoms with van der Waals surface area (Å²) in [5, 5.41) is 0. The van der Waals surface area contributed by atoms with Crippen molar-refractivity contribution in [3.8, 4) is 11.1 Å². The summed E-state index contributed by atoms with van der Waals surface area (Å²) in [6.07, 6.45) is 0. The number of benzene rings is 3. The van der Waals surface area contributed by atoms with Crippen molar-refractivity contribution in [1.82, 2.24) is 4.90 Å². The van der Waals surface area contributed by atoms with E-state index in [1.165, 1.54) is 5.56 Å². The van der Waals surface area contributed by atoms with Gasteiger partial charge in [-0.3, -0.25) is 4.79 Å². The highest BCUT2D eigenvalue weighted by Gasteiger charge is 2.09. The van der Waals surface area contributed by atoms with Gasteiger partial charge >= 0.3 is 0 Å². The highest BCUT2D eigenvalue weighted by Crippen LogP contribution is 2.22. The largest absolute Gasteiger partial charge is 0.305 e. The lowest BCUT2D eigenvalue weighted by Crippen LogP contribution is -2.10. The quantitative estimate of drug-likeness (QED) is 0.475. The van der Waals surface area contributed by atoms with Crippen LogP contribution in [0.5, 0.6) is 0 Å². The Balaban J connectivity index is 0.00000243. The van der Waals surface area contributed by atoms with E-state index >= 15 is 0 Å². The monoisotopic (exact) mass is 429 g/mol. The number of halogens is 2. The number of ketones is 1. The predicted molar refractivity (Wildman–Crippen MR) is 114 cm³/mol. The van der Waals surface area contributed by atoms with Crippen LogP contribution in [0, 0.1) is 0 Å². The SMILES string of the molecule is CN(C)Cc1ccc(-c2ccc(C(=O)c3ccc(Br)cc3)cc2)cc1.Cl. The van der Waals surface area contributed by atoms with Crippen LogP contribution >= 0.6 is 28.3 Å². The number of hydrogen-bond donors (Lipinski definition) is 0. The van der Waals surface area contributed by atoms with Crippen LogP contribution in [-0.2, 0) is 6.54 Å². The molecule has 0 saturated heterocycles. The van der Waals surface area contributed by atoms with Crippen LogP contribution in [0.15, 0.2) is 77.3 Å². The molecule has 0 N–H and O–H groups in total. The molecule has 3 rings (SSSR count). The Bertz CT molecular complexity index is 856. The fraction of sp³-hybridized carbons (Fsp3) is 0.136. The summed E-state index contributed by atoms with van der Waals surface area (Å²) in [6.45, 7) is 0.931. The first-order valence-electron chi connectivity index (χ1n) is 8.17. The molecule has 0 bridgehead atoms. The lowest BCUT2D eigenvalue weighted by atomic mass is 9.99. The maximum Gasteiger partial charge on any atom is 0.193 e. The maximum absolute atomic E-state index is 12.5. The number of nitrogens with zero attached hydrogens (tertiary/aromatic N) is 1. The van der Waals surface area contributed by atoms with Gasteiger partial charge in [0.2, 0.25) is 0 Å². The van der Waals surface area contributed by atoms with Gasteiger partial charge in [0.15, 0.2) is 5.78 Å². The Morgan fingerprint density at radius 2 is 1.19 bits per heavy atom. The van der Waals surface area contributed by atoms with E-state index in [-0.39, 0.29) is 18.2 Å². The van der Waals surface area contributed by atoms with Crippen molar-refractivity contribution < 1.29 is 4.79 Å². The molecule has 0 aliphatic heterocycles. The van der Waals surface area contributed by atoms with E-state index in [0.29, 0.717) is 11.1 Å². The third-order valence-electron chi connectivity index (χ3n) is 4.04. The molecule has 2 nitrogen and oxygen atoms in total. The van der Waals surface area contributed by atoms with Gasteiger partial charge in [0, 0.05) is 22.1 Å². The Morgan fingerprint density at radius 1 is 0.769 bits per heavy atom. The summed E-state index contributed by atoms with van der Waals surface area (Å²) in [4.78, 5) is 14.7. The summed E-state index contributed by atoms with van der Waals surface area (Å²) < 4.78 is 0.970. The average Bonchev–Trinajstić information content (AvgIpc) is 2.62. The average molecular weight is 431 g/mol. The molecule has 0 heterocycles. The van der Waals surface area contributed by atoms with E-state index in [1.54, 1.807) is 0 Å². The lowest BCUT2D eigenvalue weighted by Gasteiger charge is -2.10. The highest BCUT2D eigenvalue weighted by molar-refractivity contribution is 9.10. The molecule has 0 spiro atoms. The standard InChI is InChI=1S/C22H20BrNO.ClH/c1-24(2)15-16-3-5-17(6-4-16)18-7-9-19(10-8-18)22(25)20-11-13-21(23)14-12-20;/h3-14H,15H2,1-2H3;1H. The third kappa shape index (κ3) is 5.04. The van der Waals surface area contributed by atoms with Crippen LogP contribution in [0.2, 0.25) is 0 Å². The fourth-order valence-electron chi connectivity index (χ4n) is 2.75. The third-order valence-corrected chi connectivity index (χ3v) is 4.57. The highest BCUT2D eigenvalue weighted by atomic mass is 79.9. The van der Waals surface area contributed by atoms with E-state index in [1.807, 2.05) is 48.5 Å². The van der Waals surface area contributed by atoms with Gasteiger partial charge in [-0.1, -0.05) is 64.5 Å². The van der Waals surface area contributed by atoms with Crippen LogP contribution in [0.4, 0.5) is 0 Å². The van der Waals surface area contributed by atoms with Crippen molar-refractivity contribution in [3.63, 3.8) is 0 Å². The summed E-state index contributed by atoms with van der Waals surface area (Å²) in [5.41, 5.74) is 4.96. The molecule has 26 heavy (non-hydrogen) atoms. The zero-order valence-corrected chi connectivity index (χ0v) is 17.2. The van der Waals surface area contributed by atoms with Gasteiger partial charge in [-0.25, -0.2) is 0 Å². The second-order valence-electron chi connectivity index (χ2n) is 6.35. The molecule has 3 aromatic rings. The molecule has 3 aromatic carbocycles. The van der Waals surface area contributed by atoms with Crippen molar-refractivity contribution in [1.29, 1.82) is 0 Å². The van der Waals surface area contributed by atoms with Crippen molar-refractivity contribution in [2.75, 3.05) is 14.1 Å². The molecular weight excluding hydrogens is 410 g/mol. The first kappa shape index (κ1) is 20.4. The Morgan fingerprint density at radius 3 is 1.65 bits per heavy atom. The van der Waals surface area contributed by atoms with E-state index in [0.717, 1.165) is 22.1 Å². The number of hydrogen-bond acceptors (Lipinski definition) is 2. The van der Waals surface area contributed by atoms with Gasteiger partial charge in [-0.2, -0.15) is 0 Å². The second-order valence-corrected chi connectivity index (χ2v) is 7.26. The minimum Gasteiger partial charge on any atom is -0.305 e. The molecular formula is C22H21BrClNO. The van der Waals surface area contributed by atoms with Gasteiger partial charge in [0.05, 0.1) is 0 Å². The van der Waals surface area contributed by atoms with E-state index in [2.05, 4.69) is 59.2 Å². The summed E-state index contributed by atoms with van der Waals surface area (Å²) in [6, 6.07) is 23.8. The normalized spacial score (nSPS) is 10.5. The topological polar surface area (TPSA) is 20.3 Å². The smallest absolute Gasteiger partial charge is 0.193 e. The van der Waals surface area contributed by atoms with Crippen molar-refractivity contribution >= 4 is 34.1 Å². The number of rotatable bonds is 5. The van der Waals surface area contributed by atoms with Crippen LogP contribution in [-0.4, -0.2) is 24.8 Å². The molecule has 0 atom stereocenters. The zero-order valence-electron chi connectivity index (χ0n) is 14.8. The molecule has 0 aromatic heterocycles. The Labute approximate surface area is 169 Å². The van der Waals surface area contributed by atoms with Gasteiger partial charge < -0.3 is 4.90 Å². The molecule has 0 radical (unpaired) electrons. The predicted octanol–water partition coefficient (Wildman–Crippen LogP) is 5.83. The van der Waals surface area contributed by atoms with Crippen LogP contribution in [0.25, 0.3) is 11.1 Å². The molecule has 0 unspecified atom stereocenters. The van der Waals surface area contributed by atoms with E-state index in [9.17, 15) is 4.79 Å². The minimum atomic E-state index is 0. The Hall–Kier alpha value is -1.94. The molecule has 4 heteroatoms.